The fourth-order valence-electron chi connectivity index (χ4n) is 3.78. The number of amides is 4. The van der Waals surface area contributed by atoms with Gasteiger partial charge in [0.25, 0.3) is 0 Å². The first-order valence-electron chi connectivity index (χ1n) is 8.17. The molecule has 8 nitrogen and oxygen atoms in total. The number of nitrogens with one attached hydrogen (secondary N) is 2. The Bertz CT molecular complexity index is 695. The minimum absolute atomic E-state index is 0.0484. The number of nitrogens with zero attached hydrogens (tertiary/aromatic N) is 2. The zero-order valence-electron chi connectivity index (χ0n) is 15.1. The van der Waals surface area contributed by atoms with E-state index in [0.717, 1.165) is 5.56 Å². The molecule has 2 N–H and O–H groups in total. The Kier molecular flexibility index (Phi) is 4.36. The SMILES string of the molecule is COc1ccc([C@H]2[C@H]3[C@H](C)NC(=O)N(C)[C@H]3NC(=O)N2C)c(OC)c1. The van der Waals surface area contributed by atoms with Crippen molar-refractivity contribution in [2.45, 2.75) is 25.2 Å². The maximum absolute atomic E-state index is 12.5. The summed E-state index contributed by atoms with van der Waals surface area (Å²) in [6.07, 6.45) is -0.385. The topological polar surface area (TPSA) is 83.1 Å². The fraction of sp³-hybridized carbons (Fsp3) is 0.529. The predicted molar refractivity (Wildman–Crippen MR) is 91.6 cm³/mol. The van der Waals surface area contributed by atoms with Gasteiger partial charge in [0, 0.05) is 37.7 Å². The molecule has 0 aromatic heterocycles. The highest BCUT2D eigenvalue weighted by Gasteiger charge is 2.50. The normalized spacial score (nSPS) is 28.8. The van der Waals surface area contributed by atoms with Gasteiger partial charge in [-0.2, -0.15) is 0 Å². The molecule has 8 heteroatoms. The van der Waals surface area contributed by atoms with Crippen LogP contribution in [0.5, 0.6) is 11.5 Å². The minimum Gasteiger partial charge on any atom is -0.497 e. The molecular weight excluding hydrogens is 324 g/mol. The van der Waals surface area contributed by atoms with Crippen LogP contribution in [-0.2, 0) is 0 Å². The van der Waals surface area contributed by atoms with Gasteiger partial charge >= 0.3 is 12.1 Å². The van der Waals surface area contributed by atoms with Crippen LogP contribution in [0.15, 0.2) is 18.2 Å². The van der Waals surface area contributed by atoms with Crippen molar-refractivity contribution in [1.29, 1.82) is 0 Å². The lowest BCUT2D eigenvalue weighted by Gasteiger charge is -2.52. The van der Waals surface area contributed by atoms with Crippen LogP contribution in [-0.4, -0.2) is 62.4 Å². The van der Waals surface area contributed by atoms with Crippen molar-refractivity contribution < 1.29 is 19.1 Å². The van der Waals surface area contributed by atoms with Crippen LogP contribution in [0, 0.1) is 5.92 Å². The van der Waals surface area contributed by atoms with Gasteiger partial charge in [-0.05, 0) is 19.1 Å². The van der Waals surface area contributed by atoms with Crippen LogP contribution in [0.2, 0.25) is 0 Å². The largest absolute Gasteiger partial charge is 0.497 e. The Hall–Kier alpha value is -2.64. The smallest absolute Gasteiger partial charge is 0.319 e. The second-order valence-corrected chi connectivity index (χ2v) is 6.48. The predicted octanol–water partition coefficient (Wildman–Crippen LogP) is 1.39. The van der Waals surface area contributed by atoms with Gasteiger partial charge in [-0.15, -0.1) is 0 Å². The Morgan fingerprint density at radius 2 is 1.68 bits per heavy atom. The molecule has 1 aromatic carbocycles. The van der Waals surface area contributed by atoms with Gasteiger partial charge < -0.3 is 29.9 Å². The second-order valence-electron chi connectivity index (χ2n) is 6.48. The molecule has 2 aliphatic heterocycles. The van der Waals surface area contributed by atoms with Gasteiger partial charge in [0.15, 0.2) is 0 Å². The molecule has 0 aliphatic carbocycles. The maximum atomic E-state index is 12.5. The molecule has 0 saturated carbocycles. The third-order valence-electron chi connectivity index (χ3n) is 5.16. The number of ether oxygens (including phenoxy) is 2. The summed E-state index contributed by atoms with van der Waals surface area (Å²) in [7, 11) is 6.63. The second kappa shape index (κ2) is 6.34. The molecule has 2 heterocycles. The van der Waals surface area contributed by atoms with E-state index < -0.39 is 0 Å². The summed E-state index contributed by atoms with van der Waals surface area (Å²) in [5, 5.41) is 5.89. The lowest BCUT2D eigenvalue weighted by Crippen LogP contribution is -2.71. The van der Waals surface area contributed by atoms with Crippen LogP contribution in [0.1, 0.15) is 18.5 Å². The highest BCUT2D eigenvalue weighted by Crippen LogP contribution is 2.42. The first-order chi connectivity index (χ1) is 11.9. The number of rotatable bonds is 3. The van der Waals surface area contributed by atoms with Crippen molar-refractivity contribution in [3.8, 4) is 11.5 Å². The van der Waals surface area contributed by atoms with E-state index in [2.05, 4.69) is 10.6 Å². The number of fused-ring (bicyclic) bond motifs is 1. The molecule has 4 amide bonds. The molecular formula is C17H24N4O4. The summed E-state index contributed by atoms with van der Waals surface area (Å²) in [6, 6.07) is 4.78. The number of carbonyl (C=O) groups is 2. The van der Waals surface area contributed by atoms with E-state index in [4.69, 9.17) is 9.47 Å². The van der Waals surface area contributed by atoms with E-state index >= 15 is 0 Å². The summed E-state index contributed by atoms with van der Waals surface area (Å²) >= 11 is 0. The number of methoxy groups -OCH3 is 2. The van der Waals surface area contributed by atoms with Crippen molar-refractivity contribution in [2.75, 3.05) is 28.3 Å². The monoisotopic (exact) mass is 348 g/mol. The van der Waals surface area contributed by atoms with E-state index in [-0.39, 0.29) is 36.2 Å². The van der Waals surface area contributed by atoms with E-state index in [1.165, 1.54) is 0 Å². The minimum atomic E-state index is -0.385. The zero-order chi connectivity index (χ0) is 18.3. The Morgan fingerprint density at radius 1 is 1.00 bits per heavy atom. The van der Waals surface area contributed by atoms with Crippen molar-refractivity contribution in [2.24, 2.45) is 5.92 Å². The number of hydrogen-bond acceptors (Lipinski definition) is 4. The molecule has 2 fully saturated rings. The first-order valence-corrected chi connectivity index (χ1v) is 8.17. The van der Waals surface area contributed by atoms with E-state index in [1.54, 1.807) is 44.2 Å². The zero-order valence-corrected chi connectivity index (χ0v) is 15.1. The van der Waals surface area contributed by atoms with Crippen molar-refractivity contribution in [3.63, 3.8) is 0 Å². The number of urea groups is 2. The van der Waals surface area contributed by atoms with Crippen molar-refractivity contribution in [3.05, 3.63) is 23.8 Å². The van der Waals surface area contributed by atoms with E-state index in [1.807, 2.05) is 19.1 Å². The highest BCUT2D eigenvalue weighted by atomic mass is 16.5. The highest BCUT2D eigenvalue weighted by molar-refractivity contribution is 5.80. The average Bonchev–Trinajstić information content (AvgIpc) is 2.61. The van der Waals surface area contributed by atoms with E-state index in [0.29, 0.717) is 11.5 Å². The standard InChI is InChI=1S/C17H24N4O4/c1-9-13-14(11-7-6-10(24-4)8-12(11)25-5)20(2)17(23)19-15(13)21(3)16(22)18-9/h6-9,13-15H,1-5H3,(H,18,22)(H,19,23)/t9-,13+,14-,15+/m0/s1. The van der Waals surface area contributed by atoms with Gasteiger partial charge in [-0.1, -0.05) is 0 Å². The van der Waals surface area contributed by atoms with E-state index in [9.17, 15) is 9.59 Å². The lowest BCUT2D eigenvalue weighted by atomic mass is 9.81. The first kappa shape index (κ1) is 17.2. The number of hydrogen-bond donors (Lipinski definition) is 2. The number of carbonyl (C=O) groups excluding carboxylic acids is 2. The fourth-order valence-corrected chi connectivity index (χ4v) is 3.78. The molecule has 136 valence electrons. The summed E-state index contributed by atoms with van der Waals surface area (Å²) in [6.45, 7) is 1.96. The van der Waals surface area contributed by atoms with Crippen LogP contribution in [0.25, 0.3) is 0 Å². The Balaban J connectivity index is 2.09. The van der Waals surface area contributed by atoms with Crippen LogP contribution in [0.3, 0.4) is 0 Å². The Morgan fingerprint density at radius 3 is 2.32 bits per heavy atom. The third-order valence-corrected chi connectivity index (χ3v) is 5.16. The average molecular weight is 348 g/mol. The van der Waals surface area contributed by atoms with Crippen molar-refractivity contribution in [1.82, 2.24) is 20.4 Å². The van der Waals surface area contributed by atoms with Gasteiger partial charge in [-0.3, -0.25) is 0 Å². The molecule has 4 atom stereocenters. The van der Waals surface area contributed by atoms with Gasteiger partial charge in [0.05, 0.1) is 20.3 Å². The molecule has 25 heavy (non-hydrogen) atoms. The molecule has 0 bridgehead atoms. The number of benzene rings is 1. The molecule has 2 aliphatic rings. The molecule has 2 saturated heterocycles. The lowest BCUT2D eigenvalue weighted by molar-refractivity contribution is 0.0241. The molecule has 0 spiro atoms. The summed E-state index contributed by atoms with van der Waals surface area (Å²) in [5.74, 6) is 1.28. The maximum Gasteiger partial charge on any atom is 0.319 e. The summed E-state index contributed by atoms with van der Waals surface area (Å²) < 4.78 is 10.8. The molecule has 1 aromatic rings. The van der Waals surface area contributed by atoms with Crippen molar-refractivity contribution >= 4 is 12.1 Å². The molecule has 0 radical (unpaired) electrons. The van der Waals surface area contributed by atoms with Crippen LogP contribution < -0.4 is 20.1 Å². The molecule has 3 rings (SSSR count). The third kappa shape index (κ3) is 2.71. The Labute approximate surface area is 147 Å². The van der Waals surface area contributed by atoms with Crippen LogP contribution >= 0.6 is 0 Å². The van der Waals surface area contributed by atoms with Gasteiger partial charge in [-0.25, -0.2) is 9.59 Å². The van der Waals surface area contributed by atoms with Crippen LogP contribution in [0.4, 0.5) is 9.59 Å². The quantitative estimate of drug-likeness (QED) is 0.865. The van der Waals surface area contributed by atoms with Gasteiger partial charge in [0.2, 0.25) is 0 Å². The van der Waals surface area contributed by atoms with Gasteiger partial charge in [0.1, 0.15) is 17.7 Å². The summed E-state index contributed by atoms with van der Waals surface area (Å²) in [4.78, 5) is 27.8. The summed E-state index contributed by atoms with van der Waals surface area (Å²) in [5.41, 5.74) is 0.882. The molecule has 0 unspecified atom stereocenters.